The van der Waals surface area contributed by atoms with Crippen LogP contribution in [0.2, 0.25) is 0 Å². The van der Waals surface area contributed by atoms with Gasteiger partial charge in [0.1, 0.15) is 12.1 Å². The number of benzene rings is 2. The van der Waals surface area contributed by atoms with Gasteiger partial charge in [-0.3, -0.25) is 4.72 Å². The minimum Gasteiger partial charge on any atom is -0.283 e. The summed E-state index contributed by atoms with van der Waals surface area (Å²) in [5.74, 6) is 0.531. The fourth-order valence-corrected chi connectivity index (χ4v) is 5.26. The monoisotopic (exact) mass is 399 g/mol. The van der Waals surface area contributed by atoms with Crippen LogP contribution >= 0.6 is 11.8 Å². The minimum absolute atomic E-state index is 0.00736. The molecule has 0 heterocycles. The zero-order chi connectivity index (χ0) is 20.0. The van der Waals surface area contributed by atoms with Crippen molar-refractivity contribution in [3.8, 4) is 12.1 Å². The molecule has 0 spiro atoms. The van der Waals surface area contributed by atoms with Gasteiger partial charge in [-0.1, -0.05) is 23.8 Å². The van der Waals surface area contributed by atoms with Crippen molar-refractivity contribution in [2.75, 3.05) is 16.2 Å². The Morgan fingerprint density at radius 1 is 1.07 bits per heavy atom. The van der Waals surface area contributed by atoms with E-state index in [2.05, 4.69) is 4.72 Å². The Hall–Kier alpha value is -2.48. The number of hydrogen-bond donors (Lipinski definition) is 1. The third-order valence-corrected chi connectivity index (χ3v) is 6.49. The highest BCUT2D eigenvalue weighted by Gasteiger charge is 2.14. The summed E-state index contributed by atoms with van der Waals surface area (Å²) in [6.45, 7) is 5.75. The Kier molecular flexibility index (Phi) is 6.90. The lowest BCUT2D eigenvalue weighted by Crippen LogP contribution is -2.18. The number of aryl methyl sites for hydroxylation is 3. The molecule has 0 aromatic heterocycles. The molecule has 0 bridgehead atoms. The van der Waals surface area contributed by atoms with Crippen LogP contribution in [0.4, 0.5) is 5.69 Å². The van der Waals surface area contributed by atoms with E-state index in [1.165, 1.54) is 11.8 Å². The smallest absolute Gasteiger partial charge is 0.232 e. The summed E-state index contributed by atoms with van der Waals surface area (Å²) in [5, 5.41) is 18.3. The van der Waals surface area contributed by atoms with Crippen LogP contribution < -0.4 is 4.72 Å². The molecule has 0 saturated heterocycles. The Labute approximate surface area is 165 Å². The number of nitrogens with one attached hydrogen (secondary N) is 1. The third kappa shape index (κ3) is 5.50. The number of rotatable bonds is 7. The molecule has 7 heteroatoms. The molecule has 0 atom stereocenters. The second-order valence-electron chi connectivity index (χ2n) is 6.30. The molecule has 0 saturated carbocycles. The largest absolute Gasteiger partial charge is 0.283 e. The predicted octanol–water partition coefficient (Wildman–Crippen LogP) is 4.28. The van der Waals surface area contributed by atoms with Crippen LogP contribution in [0.5, 0.6) is 0 Å². The molecule has 27 heavy (non-hydrogen) atoms. The van der Waals surface area contributed by atoms with Gasteiger partial charge in [0, 0.05) is 4.90 Å². The first kappa shape index (κ1) is 20.8. The molecule has 140 valence electrons. The van der Waals surface area contributed by atoms with E-state index in [1.54, 1.807) is 18.2 Å². The molecule has 0 aliphatic heterocycles. The maximum atomic E-state index is 12.4. The number of hydrogen-bond acceptors (Lipinski definition) is 5. The molecule has 2 aromatic rings. The summed E-state index contributed by atoms with van der Waals surface area (Å²) in [6.07, 6.45) is 0.436. The highest BCUT2D eigenvalue weighted by atomic mass is 32.2. The molecule has 2 aromatic carbocycles. The van der Waals surface area contributed by atoms with E-state index in [-0.39, 0.29) is 5.75 Å². The van der Waals surface area contributed by atoms with Crippen LogP contribution in [0.1, 0.15) is 34.2 Å². The first-order valence-electron chi connectivity index (χ1n) is 8.41. The zero-order valence-corrected chi connectivity index (χ0v) is 17.2. The average molecular weight is 400 g/mol. The Bertz CT molecular complexity index is 1010. The van der Waals surface area contributed by atoms with E-state index in [0.29, 0.717) is 33.9 Å². The van der Waals surface area contributed by atoms with Gasteiger partial charge in [0.2, 0.25) is 10.0 Å². The molecule has 0 amide bonds. The molecule has 0 fully saturated rings. The van der Waals surface area contributed by atoms with E-state index in [9.17, 15) is 13.7 Å². The summed E-state index contributed by atoms with van der Waals surface area (Å²) in [5.41, 5.74) is 4.22. The van der Waals surface area contributed by atoms with Gasteiger partial charge in [-0.05, 0) is 56.2 Å². The van der Waals surface area contributed by atoms with Crippen LogP contribution in [0, 0.1) is 43.4 Å². The van der Waals surface area contributed by atoms with Crippen LogP contribution in [-0.2, 0) is 10.0 Å². The van der Waals surface area contributed by atoms with Crippen LogP contribution in [0.3, 0.4) is 0 Å². The Morgan fingerprint density at radius 3 is 2.33 bits per heavy atom. The molecule has 0 aliphatic carbocycles. The maximum absolute atomic E-state index is 12.4. The van der Waals surface area contributed by atoms with Crippen LogP contribution in [0.15, 0.2) is 35.2 Å². The average Bonchev–Trinajstić information content (AvgIpc) is 2.61. The number of thioether (sulfide) groups is 1. The number of nitrogens with zero attached hydrogens (tertiary/aromatic N) is 2. The van der Waals surface area contributed by atoms with E-state index in [1.807, 2.05) is 45.0 Å². The Balaban J connectivity index is 1.98. The van der Waals surface area contributed by atoms with Crippen molar-refractivity contribution in [3.05, 3.63) is 58.1 Å². The molecule has 2 rings (SSSR count). The van der Waals surface area contributed by atoms with E-state index in [0.717, 1.165) is 16.7 Å². The van der Waals surface area contributed by atoms with Crippen molar-refractivity contribution in [1.29, 1.82) is 10.5 Å². The van der Waals surface area contributed by atoms with Crippen molar-refractivity contribution in [2.24, 2.45) is 0 Å². The van der Waals surface area contributed by atoms with Gasteiger partial charge in [-0.15, -0.1) is 11.8 Å². The number of sulfonamides is 1. The Morgan fingerprint density at radius 2 is 1.74 bits per heavy atom. The molecule has 1 N–H and O–H groups in total. The van der Waals surface area contributed by atoms with Crippen molar-refractivity contribution in [3.63, 3.8) is 0 Å². The van der Waals surface area contributed by atoms with Gasteiger partial charge in [0.25, 0.3) is 0 Å². The first-order valence-corrected chi connectivity index (χ1v) is 11.1. The highest BCUT2D eigenvalue weighted by molar-refractivity contribution is 7.99. The van der Waals surface area contributed by atoms with Crippen molar-refractivity contribution >= 4 is 27.5 Å². The highest BCUT2D eigenvalue weighted by Crippen LogP contribution is 2.26. The second-order valence-corrected chi connectivity index (χ2v) is 9.28. The maximum Gasteiger partial charge on any atom is 0.232 e. The van der Waals surface area contributed by atoms with Gasteiger partial charge in [0.05, 0.1) is 22.6 Å². The number of anilines is 1. The first-order chi connectivity index (χ1) is 12.8. The molecule has 5 nitrogen and oxygen atoms in total. The lowest BCUT2D eigenvalue weighted by Gasteiger charge is -2.14. The number of nitriles is 2. The molecule has 0 radical (unpaired) electrons. The standard InChI is InChI=1S/C20H21N3O2S2/c1-14-10-15(2)20(16(3)11-14)23-27(24,25)9-5-8-26-19-7-4-6-17(12-21)18(19)13-22/h4,6-7,10-11,23H,5,8-9H2,1-3H3. The third-order valence-electron chi connectivity index (χ3n) is 4.01. The summed E-state index contributed by atoms with van der Waals surface area (Å²) in [4.78, 5) is 0.701. The molecule has 0 aliphatic rings. The van der Waals surface area contributed by atoms with Crippen molar-refractivity contribution in [1.82, 2.24) is 0 Å². The summed E-state index contributed by atoms with van der Waals surface area (Å²) < 4.78 is 27.5. The van der Waals surface area contributed by atoms with Crippen molar-refractivity contribution in [2.45, 2.75) is 32.1 Å². The normalized spacial score (nSPS) is 10.9. The fraction of sp³-hybridized carbons (Fsp3) is 0.300. The predicted molar refractivity (Wildman–Crippen MR) is 109 cm³/mol. The zero-order valence-electron chi connectivity index (χ0n) is 15.5. The van der Waals surface area contributed by atoms with Gasteiger partial charge < -0.3 is 0 Å². The molecule has 0 unspecified atom stereocenters. The lowest BCUT2D eigenvalue weighted by atomic mass is 10.1. The van der Waals surface area contributed by atoms with E-state index in [4.69, 9.17) is 5.26 Å². The van der Waals surface area contributed by atoms with Gasteiger partial charge in [-0.2, -0.15) is 10.5 Å². The molecular weight excluding hydrogens is 378 g/mol. The topological polar surface area (TPSA) is 93.8 Å². The van der Waals surface area contributed by atoms with E-state index >= 15 is 0 Å². The minimum atomic E-state index is -3.46. The quantitative estimate of drug-likeness (QED) is 0.554. The van der Waals surface area contributed by atoms with Crippen molar-refractivity contribution < 1.29 is 8.42 Å². The van der Waals surface area contributed by atoms with Gasteiger partial charge in [0.15, 0.2) is 0 Å². The van der Waals surface area contributed by atoms with Gasteiger partial charge in [-0.25, -0.2) is 8.42 Å². The van der Waals surface area contributed by atoms with Crippen LogP contribution in [0.25, 0.3) is 0 Å². The summed E-state index contributed by atoms with van der Waals surface area (Å²) in [6, 6.07) is 13.1. The fourth-order valence-electron chi connectivity index (χ4n) is 2.84. The molecular formula is C20H21N3O2S2. The second kappa shape index (κ2) is 8.94. The lowest BCUT2D eigenvalue weighted by molar-refractivity contribution is 0.600. The SMILES string of the molecule is Cc1cc(C)c(NS(=O)(=O)CCCSc2cccc(C#N)c2C#N)c(C)c1. The van der Waals surface area contributed by atoms with Gasteiger partial charge >= 0.3 is 0 Å². The van der Waals surface area contributed by atoms with Crippen LogP contribution in [-0.4, -0.2) is 19.9 Å². The summed E-state index contributed by atoms with van der Waals surface area (Å²) in [7, 11) is -3.46. The van der Waals surface area contributed by atoms with E-state index < -0.39 is 10.0 Å². The summed E-state index contributed by atoms with van der Waals surface area (Å²) >= 11 is 1.39.